The van der Waals surface area contributed by atoms with E-state index in [0.717, 1.165) is 42.4 Å². The average Bonchev–Trinajstić information content (AvgIpc) is 3.04. The summed E-state index contributed by atoms with van der Waals surface area (Å²) in [7, 11) is 0. The number of hydrogen-bond acceptors (Lipinski definition) is 8. The first-order valence-corrected chi connectivity index (χ1v) is 16.4. The number of benzene rings is 3. The van der Waals surface area contributed by atoms with Gasteiger partial charge in [0, 0.05) is 6.61 Å². The van der Waals surface area contributed by atoms with Gasteiger partial charge in [-0.3, -0.25) is 0 Å². The maximum Gasteiger partial charge on any atom is 0.509 e. The van der Waals surface area contributed by atoms with Gasteiger partial charge in [-0.25, -0.2) is 4.79 Å². The minimum Gasteiger partial charge on any atom is -0.429 e. The van der Waals surface area contributed by atoms with Crippen molar-refractivity contribution in [3.8, 4) is 0 Å². The lowest BCUT2D eigenvalue weighted by molar-refractivity contribution is -0.322. The van der Waals surface area contributed by atoms with Gasteiger partial charge < -0.3 is 33.2 Å². The van der Waals surface area contributed by atoms with Crippen molar-refractivity contribution >= 4 is 6.16 Å². The van der Waals surface area contributed by atoms with Crippen LogP contribution in [0.5, 0.6) is 0 Å². The maximum atomic E-state index is 13.2. The highest BCUT2D eigenvalue weighted by molar-refractivity contribution is 5.61. The van der Waals surface area contributed by atoms with Gasteiger partial charge in [0.05, 0.1) is 26.4 Å². The Hall–Kier alpha value is -3.27. The molecule has 0 amide bonds. The SMILES string of the molecule is CCCCCCOC1O[C@H](COCc2ccccc2)[C@H](OC(=O)OC(C)(C)C)[C@H](OCc2ccccc2)[C@H]1OCc1ccccc1. The van der Waals surface area contributed by atoms with E-state index in [1.165, 1.54) is 0 Å². The quantitative estimate of drug-likeness (QED) is 0.109. The fourth-order valence-corrected chi connectivity index (χ4v) is 5.17. The van der Waals surface area contributed by atoms with Gasteiger partial charge in [-0.05, 0) is 43.9 Å². The first-order chi connectivity index (χ1) is 22.3. The molecule has 1 fully saturated rings. The van der Waals surface area contributed by atoms with E-state index in [-0.39, 0.29) is 13.2 Å². The topological polar surface area (TPSA) is 81.7 Å². The first-order valence-electron chi connectivity index (χ1n) is 16.4. The van der Waals surface area contributed by atoms with Crippen molar-refractivity contribution in [3.05, 3.63) is 108 Å². The van der Waals surface area contributed by atoms with Gasteiger partial charge in [-0.15, -0.1) is 0 Å². The van der Waals surface area contributed by atoms with Crippen molar-refractivity contribution in [3.63, 3.8) is 0 Å². The number of carbonyl (C=O) groups excluding carboxylic acids is 1. The molecule has 0 N–H and O–H groups in total. The number of rotatable bonds is 17. The first kappa shape index (κ1) is 35.6. The molecule has 0 aromatic heterocycles. The number of carbonyl (C=O) groups is 1. The van der Waals surface area contributed by atoms with E-state index in [9.17, 15) is 4.79 Å². The van der Waals surface area contributed by atoms with Gasteiger partial charge in [-0.1, -0.05) is 117 Å². The molecule has 1 aliphatic heterocycles. The lowest BCUT2D eigenvalue weighted by Gasteiger charge is -2.45. The van der Waals surface area contributed by atoms with Crippen molar-refractivity contribution in [2.24, 2.45) is 0 Å². The van der Waals surface area contributed by atoms with Gasteiger partial charge >= 0.3 is 6.16 Å². The summed E-state index contributed by atoms with van der Waals surface area (Å²) in [5.74, 6) is 0. The van der Waals surface area contributed by atoms with Crippen LogP contribution in [0.2, 0.25) is 0 Å². The lowest BCUT2D eigenvalue weighted by atomic mass is 9.98. The maximum absolute atomic E-state index is 13.2. The van der Waals surface area contributed by atoms with Crippen LogP contribution in [0.1, 0.15) is 70.1 Å². The van der Waals surface area contributed by atoms with Crippen LogP contribution in [0.25, 0.3) is 0 Å². The lowest BCUT2D eigenvalue weighted by Crippen LogP contribution is -2.62. The van der Waals surface area contributed by atoms with Crippen molar-refractivity contribution in [1.29, 1.82) is 0 Å². The molecule has 1 heterocycles. The van der Waals surface area contributed by atoms with Gasteiger partial charge in [-0.2, -0.15) is 0 Å². The van der Waals surface area contributed by atoms with Gasteiger partial charge in [0.15, 0.2) is 12.4 Å². The summed E-state index contributed by atoms with van der Waals surface area (Å²) in [6, 6.07) is 29.7. The molecule has 1 unspecified atom stereocenters. The monoisotopic (exact) mass is 634 g/mol. The zero-order chi connectivity index (χ0) is 32.6. The molecule has 8 heteroatoms. The Labute approximate surface area is 274 Å². The highest BCUT2D eigenvalue weighted by Crippen LogP contribution is 2.32. The Morgan fingerprint density at radius 1 is 0.674 bits per heavy atom. The summed E-state index contributed by atoms with van der Waals surface area (Å²) in [6.45, 7) is 9.13. The van der Waals surface area contributed by atoms with E-state index in [1.807, 2.05) is 91.0 Å². The van der Waals surface area contributed by atoms with Crippen LogP contribution < -0.4 is 0 Å². The van der Waals surface area contributed by atoms with Crippen molar-refractivity contribution in [2.45, 2.75) is 110 Å². The molecule has 0 aliphatic carbocycles. The molecule has 5 atom stereocenters. The smallest absolute Gasteiger partial charge is 0.429 e. The summed E-state index contributed by atoms with van der Waals surface area (Å²) in [6.07, 6.45) is -0.482. The van der Waals surface area contributed by atoms with E-state index in [0.29, 0.717) is 19.8 Å². The zero-order valence-electron chi connectivity index (χ0n) is 27.7. The molecule has 1 saturated heterocycles. The fourth-order valence-electron chi connectivity index (χ4n) is 5.17. The van der Waals surface area contributed by atoms with Crippen LogP contribution in [-0.4, -0.2) is 55.7 Å². The van der Waals surface area contributed by atoms with E-state index >= 15 is 0 Å². The molecular formula is C38H50O8. The van der Waals surface area contributed by atoms with Crippen LogP contribution in [0, 0.1) is 0 Å². The summed E-state index contributed by atoms with van der Waals surface area (Å²) in [4.78, 5) is 13.2. The Balaban J connectivity index is 1.62. The molecular weight excluding hydrogens is 584 g/mol. The molecule has 3 aromatic rings. The molecule has 4 rings (SSSR count). The zero-order valence-corrected chi connectivity index (χ0v) is 27.7. The number of hydrogen-bond donors (Lipinski definition) is 0. The highest BCUT2D eigenvalue weighted by atomic mass is 16.8. The molecule has 3 aromatic carbocycles. The van der Waals surface area contributed by atoms with E-state index < -0.39 is 42.5 Å². The van der Waals surface area contributed by atoms with Crippen molar-refractivity contribution < 1.29 is 38.0 Å². The molecule has 46 heavy (non-hydrogen) atoms. The molecule has 1 aliphatic rings. The van der Waals surface area contributed by atoms with E-state index in [1.54, 1.807) is 20.8 Å². The second-order valence-electron chi connectivity index (χ2n) is 12.5. The standard InChI is InChI=1S/C38H50O8/c1-5-6-7-17-24-41-36-35(43-27-31-22-15-10-16-23-31)34(42-26-30-20-13-9-14-21-30)33(45-37(39)46-38(2,3)4)32(44-36)28-40-25-29-18-11-8-12-19-29/h8-16,18-23,32-36H,5-7,17,24-28H2,1-4H3/t32-,33+,34+,35-,36?/m1/s1. The van der Waals surface area contributed by atoms with Crippen LogP contribution in [0.15, 0.2) is 91.0 Å². The Kier molecular flexibility index (Phi) is 14.5. The molecule has 8 nitrogen and oxygen atoms in total. The van der Waals surface area contributed by atoms with Gasteiger partial charge in [0.25, 0.3) is 0 Å². The molecule has 0 saturated carbocycles. The minimum absolute atomic E-state index is 0.134. The van der Waals surface area contributed by atoms with Crippen LogP contribution in [0.3, 0.4) is 0 Å². The molecule has 0 bridgehead atoms. The van der Waals surface area contributed by atoms with Crippen molar-refractivity contribution in [2.75, 3.05) is 13.2 Å². The largest absolute Gasteiger partial charge is 0.509 e. The summed E-state index contributed by atoms with van der Waals surface area (Å²) < 4.78 is 43.9. The fraction of sp³-hybridized carbons (Fsp3) is 0.500. The van der Waals surface area contributed by atoms with Crippen LogP contribution >= 0.6 is 0 Å². The summed E-state index contributed by atoms with van der Waals surface area (Å²) in [5, 5.41) is 0. The number of ether oxygens (including phenoxy) is 7. The van der Waals surface area contributed by atoms with Gasteiger partial charge in [0.2, 0.25) is 0 Å². The summed E-state index contributed by atoms with van der Waals surface area (Å²) in [5.41, 5.74) is 2.23. The summed E-state index contributed by atoms with van der Waals surface area (Å²) >= 11 is 0. The van der Waals surface area contributed by atoms with Crippen LogP contribution in [-0.2, 0) is 53.0 Å². The Morgan fingerprint density at radius 2 is 1.22 bits per heavy atom. The molecule has 0 radical (unpaired) electrons. The third-order valence-electron chi connectivity index (χ3n) is 7.46. The minimum atomic E-state index is -0.907. The normalized spacial score (nSPS) is 21.5. The van der Waals surface area contributed by atoms with Crippen LogP contribution in [0.4, 0.5) is 4.79 Å². The van der Waals surface area contributed by atoms with Crippen molar-refractivity contribution in [1.82, 2.24) is 0 Å². The predicted octanol–water partition coefficient (Wildman–Crippen LogP) is 8.02. The van der Waals surface area contributed by atoms with E-state index in [4.69, 9.17) is 33.2 Å². The third-order valence-corrected chi connectivity index (χ3v) is 7.46. The second-order valence-corrected chi connectivity index (χ2v) is 12.5. The van der Waals surface area contributed by atoms with Gasteiger partial charge in [0.1, 0.15) is 23.9 Å². The highest BCUT2D eigenvalue weighted by Gasteiger charge is 2.51. The average molecular weight is 635 g/mol. The molecule has 0 spiro atoms. The Morgan fingerprint density at radius 3 is 1.76 bits per heavy atom. The predicted molar refractivity (Wildman–Crippen MR) is 176 cm³/mol. The Bertz CT molecular complexity index is 1250. The number of unbranched alkanes of at least 4 members (excludes halogenated alkanes) is 3. The second kappa shape index (κ2) is 18.8. The van der Waals surface area contributed by atoms with E-state index in [2.05, 4.69) is 6.92 Å². The third kappa shape index (κ3) is 12.2. The molecule has 250 valence electrons.